The highest BCUT2D eigenvalue weighted by molar-refractivity contribution is 7.80. The third-order valence-electron chi connectivity index (χ3n) is 4.38. The molecule has 1 aromatic heterocycles. The van der Waals surface area contributed by atoms with Gasteiger partial charge < -0.3 is 20.9 Å². The summed E-state index contributed by atoms with van der Waals surface area (Å²) in [6.45, 7) is 1.90. The minimum atomic E-state index is -0.562. The summed E-state index contributed by atoms with van der Waals surface area (Å²) in [5, 5.41) is 9.31. The number of carbonyl (C=O) groups is 1. The lowest BCUT2D eigenvalue weighted by molar-refractivity contribution is 0.102. The zero-order valence-corrected chi connectivity index (χ0v) is 16.8. The van der Waals surface area contributed by atoms with Gasteiger partial charge in [-0.3, -0.25) is 4.79 Å². The molecule has 0 aliphatic heterocycles. The summed E-state index contributed by atoms with van der Waals surface area (Å²) in [6.07, 6.45) is 0. The highest BCUT2D eigenvalue weighted by atomic mass is 32.1. The molecule has 1 amide bonds. The van der Waals surface area contributed by atoms with E-state index in [1.54, 1.807) is 30.3 Å². The minimum absolute atomic E-state index is 0.00508. The molecule has 150 valence electrons. The number of fused-ring (bicyclic) bond motifs is 1. The minimum Gasteiger partial charge on any atom is -0.342 e. The summed E-state index contributed by atoms with van der Waals surface area (Å²) >= 11 is 5.37. The molecule has 4 N–H and O–H groups in total. The highest BCUT2D eigenvalue weighted by Gasteiger charge is 2.11. The van der Waals surface area contributed by atoms with E-state index < -0.39 is 11.7 Å². The highest BCUT2D eigenvalue weighted by Crippen LogP contribution is 2.19. The van der Waals surface area contributed by atoms with E-state index in [4.69, 9.17) is 12.2 Å². The van der Waals surface area contributed by atoms with Crippen LogP contribution in [0.15, 0.2) is 66.7 Å². The predicted octanol–water partition coefficient (Wildman–Crippen LogP) is 5.07. The first kappa shape index (κ1) is 19.5. The number of benzene rings is 3. The van der Waals surface area contributed by atoms with Gasteiger partial charge in [0, 0.05) is 17.1 Å². The second-order valence-corrected chi connectivity index (χ2v) is 7.05. The molecule has 0 bridgehead atoms. The third-order valence-corrected chi connectivity index (χ3v) is 4.58. The molecule has 0 atom stereocenters. The van der Waals surface area contributed by atoms with Crippen molar-refractivity contribution in [1.82, 2.24) is 9.97 Å². The number of imidazole rings is 1. The number of carbonyl (C=O) groups excluding carboxylic acids is 1. The monoisotopic (exact) mass is 419 g/mol. The van der Waals surface area contributed by atoms with E-state index in [-0.39, 0.29) is 5.56 Å². The van der Waals surface area contributed by atoms with Crippen molar-refractivity contribution in [2.45, 2.75) is 6.92 Å². The number of aromatic amines is 1. The molecule has 8 heteroatoms. The molecule has 0 radical (unpaired) electrons. The molecule has 30 heavy (non-hydrogen) atoms. The molecule has 0 aliphatic rings. The van der Waals surface area contributed by atoms with Crippen molar-refractivity contribution in [3.8, 4) is 0 Å². The first-order chi connectivity index (χ1) is 14.5. The van der Waals surface area contributed by atoms with E-state index in [1.165, 1.54) is 18.2 Å². The second-order valence-electron chi connectivity index (χ2n) is 6.64. The van der Waals surface area contributed by atoms with Gasteiger partial charge in [0.1, 0.15) is 11.6 Å². The lowest BCUT2D eigenvalue weighted by Gasteiger charge is -2.11. The Hall–Kier alpha value is -3.78. The molecule has 0 aliphatic carbocycles. The fourth-order valence-corrected chi connectivity index (χ4v) is 3.22. The number of H-pyrrole nitrogens is 1. The van der Waals surface area contributed by atoms with E-state index >= 15 is 0 Å². The van der Waals surface area contributed by atoms with Crippen LogP contribution in [0.3, 0.4) is 0 Å². The number of nitrogens with zero attached hydrogens (tertiary/aromatic N) is 1. The van der Waals surface area contributed by atoms with E-state index in [1.807, 2.05) is 25.1 Å². The van der Waals surface area contributed by atoms with Gasteiger partial charge in [-0.15, -0.1) is 0 Å². The third kappa shape index (κ3) is 4.44. The van der Waals surface area contributed by atoms with E-state index in [0.717, 1.165) is 28.2 Å². The van der Waals surface area contributed by atoms with Crippen molar-refractivity contribution in [1.29, 1.82) is 0 Å². The van der Waals surface area contributed by atoms with E-state index in [0.29, 0.717) is 10.8 Å². The number of hydrogen-bond donors (Lipinski definition) is 4. The van der Waals surface area contributed by atoms with Gasteiger partial charge in [0.25, 0.3) is 5.91 Å². The van der Waals surface area contributed by atoms with Gasteiger partial charge in [0.2, 0.25) is 0 Å². The summed E-state index contributed by atoms with van der Waals surface area (Å²) in [5.74, 6) is -0.214. The van der Waals surface area contributed by atoms with Crippen molar-refractivity contribution < 1.29 is 9.18 Å². The van der Waals surface area contributed by atoms with Crippen LogP contribution in [0.2, 0.25) is 0 Å². The lowest BCUT2D eigenvalue weighted by atomic mass is 10.2. The summed E-state index contributed by atoms with van der Waals surface area (Å²) in [5.41, 5.74) is 3.94. The molecule has 1 heterocycles. The molecule has 0 spiro atoms. The average molecular weight is 419 g/mol. The number of amides is 1. The maximum atomic E-state index is 13.7. The van der Waals surface area contributed by atoms with Gasteiger partial charge in [0.15, 0.2) is 5.11 Å². The van der Waals surface area contributed by atoms with Crippen LogP contribution >= 0.6 is 12.2 Å². The second kappa shape index (κ2) is 8.30. The normalized spacial score (nSPS) is 10.6. The largest absolute Gasteiger partial charge is 0.342 e. The van der Waals surface area contributed by atoms with Gasteiger partial charge in [-0.1, -0.05) is 12.1 Å². The van der Waals surface area contributed by atoms with Gasteiger partial charge in [-0.05, 0) is 73.7 Å². The van der Waals surface area contributed by atoms with Crippen molar-refractivity contribution in [3.05, 3.63) is 83.9 Å². The smallest absolute Gasteiger partial charge is 0.258 e. The predicted molar refractivity (Wildman–Crippen MR) is 121 cm³/mol. The van der Waals surface area contributed by atoms with Crippen LogP contribution in [-0.2, 0) is 0 Å². The van der Waals surface area contributed by atoms with Crippen molar-refractivity contribution in [2.75, 3.05) is 16.0 Å². The number of aryl methyl sites for hydroxylation is 1. The molecular formula is C22H18FN5OS. The first-order valence-corrected chi connectivity index (χ1v) is 9.59. The number of thiocarbonyl (C=S) groups is 1. The van der Waals surface area contributed by atoms with Crippen molar-refractivity contribution >= 4 is 51.3 Å². The van der Waals surface area contributed by atoms with Crippen molar-refractivity contribution in [3.63, 3.8) is 0 Å². The van der Waals surface area contributed by atoms with Crippen LogP contribution in [0.1, 0.15) is 16.2 Å². The van der Waals surface area contributed by atoms with Crippen LogP contribution in [0.5, 0.6) is 0 Å². The van der Waals surface area contributed by atoms with Crippen molar-refractivity contribution in [2.24, 2.45) is 0 Å². The average Bonchev–Trinajstić information content (AvgIpc) is 3.09. The Morgan fingerprint density at radius 1 is 0.933 bits per heavy atom. The Morgan fingerprint density at radius 2 is 1.57 bits per heavy atom. The first-order valence-electron chi connectivity index (χ1n) is 9.18. The molecule has 0 fully saturated rings. The number of nitrogens with one attached hydrogen (secondary N) is 4. The fraction of sp³-hybridized carbons (Fsp3) is 0.0455. The molecule has 0 saturated heterocycles. The topological polar surface area (TPSA) is 81.8 Å². The summed E-state index contributed by atoms with van der Waals surface area (Å²) < 4.78 is 13.7. The van der Waals surface area contributed by atoms with Crippen LogP contribution in [0.4, 0.5) is 21.5 Å². The van der Waals surface area contributed by atoms with Gasteiger partial charge in [-0.25, -0.2) is 9.37 Å². The zero-order chi connectivity index (χ0) is 21.1. The Kier molecular flexibility index (Phi) is 5.40. The van der Waals surface area contributed by atoms with Gasteiger partial charge in [-0.2, -0.15) is 0 Å². The molecule has 4 rings (SSSR count). The molecule has 6 nitrogen and oxygen atoms in total. The number of rotatable bonds is 4. The Labute approximate surface area is 177 Å². The number of anilines is 3. The number of hydrogen-bond acceptors (Lipinski definition) is 3. The fourth-order valence-electron chi connectivity index (χ4n) is 2.99. The van der Waals surface area contributed by atoms with E-state index in [2.05, 4.69) is 25.9 Å². The maximum absolute atomic E-state index is 13.7. The molecule has 0 saturated carbocycles. The summed E-state index contributed by atoms with van der Waals surface area (Å²) in [6, 6.07) is 18.6. The molecule has 0 unspecified atom stereocenters. The Bertz CT molecular complexity index is 1240. The van der Waals surface area contributed by atoms with Crippen LogP contribution in [-0.4, -0.2) is 21.0 Å². The zero-order valence-electron chi connectivity index (χ0n) is 16.0. The number of halogens is 1. The Morgan fingerprint density at radius 3 is 2.30 bits per heavy atom. The quantitative estimate of drug-likeness (QED) is 0.347. The van der Waals surface area contributed by atoms with Crippen LogP contribution < -0.4 is 16.0 Å². The summed E-state index contributed by atoms with van der Waals surface area (Å²) in [4.78, 5) is 19.7. The molecular weight excluding hydrogens is 401 g/mol. The molecule has 4 aromatic rings. The van der Waals surface area contributed by atoms with Crippen LogP contribution in [0, 0.1) is 12.7 Å². The number of aromatic nitrogens is 2. The summed E-state index contributed by atoms with van der Waals surface area (Å²) in [7, 11) is 0. The van der Waals surface area contributed by atoms with Crippen LogP contribution in [0.25, 0.3) is 11.0 Å². The molecule has 3 aromatic carbocycles. The Balaban J connectivity index is 1.37. The standard InChI is InChI=1S/C22H18FN5OS/c1-13-24-19-11-10-16(12-20(19)25-13)28-22(30)27-15-8-6-14(7-9-15)26-21(29)17-4-2-3-5-18(17)23/h2-12H,1H3,(H,24,25)(H,26,29)(H2,27,28,30). The van der Waals surface area contributed by atoms with E-state index in [9.17, 15) is 9.18 Å². The maximum Gasteiger partial charge on any atom is 0.258 e. The van der Waals surface area contributed by atoms with Gasteiger partial charge >= 0.3 is 0 Å². The lowest BCUT2D eigenvalue weighted by Crippen LogP contribution is -2.19. The van der Waals surface area contributed by atoms with Gasteiger partial charge in [0.05, 0.1) is 16.6 Å². The SMILES string of the molecule is Cc1nc2ccc(NC(=S)Nc3ccc(NC(=O)c4ccccc4F)cc3)cc2[nH]1.